The number of piperazine rings is 1. The number of amides is 4. The largest absolute Gasteiger partial charge is 0.339 e. The smallest absolute Gasteiger partial charge is 0.274 e. The summed E-state index contributed by atoms with van der Waals surface area (Å²) in [7, 11) is 0. The van der Waals surface area contributed by atoms with Gasteiger partial charge in [0, 0.05) is 44.5 Å². The van der Waals surface area contributed by atoms with Gasteiger partial charge in [-0.15, -0.1) is 0 Å². The van der Waals surface area contributed by atoms with E-state index in [0.29, 0.717) is 49.4 Å². The van der Waals surface area contributed by atoms with Gasteiger partial charge in [-0.3, -0.25) is 24.1 Å². The van der Waals surface area contributed by atoms with E-state index in [2.05, 4.69) is 4.37 Å². The van der Waals surface area contributed by atoms with Crippen molar-refractivity contribution in [1.29, 1.82) is 0 Å². The number of rotatable bonds is 5. The van der Waals surface area contributed by atoms with Gasteiger partial charge in [-0.25, -0.2) is 0 Å². The second-order valence-electron chi connectivity index (χ2n) is 8.11. The maximum atomic E-state index is 12.9. The zero-order chi connectivity index (χ0) is 22.9. The molecule has 0 N–H and O–H groups in total. The number of nitrogens with zero attached hydrogens (tertiary/aromatic N) is 4. The summed E-state index contributed by atoms with van der Waals surface area (Å²) in [4.78, 5) is 55.1. The molecule has 1 saturated heterocycles. The van der Waals surface area contributed by atoms with Gasteiger partial charge in [0.05, 0.1) is 15.8 Å². The number of carbonyl (C=O) groups is 4. The number of hydrogen-bond acceptors (Lipinski definition) is 6. The SMILES string of the molecule is O=C(CCCN1C(=O)c2ccccc2C1=O)N1CCN(C(=O)c2nsc3ccccc23)CC1. The van der Waals surface area contributed by atoms with Crippen LogP contribution in [-0.2, 0) is 4.79 Å². The first-order valence-corrected chi connectivity index (χ1v) is 11.7. The van der Waals surface area contributed by atoms with Crippen molar-refractivity contribution in [3.05, 3.63) is 65.4 Å². The fraction of sp³-hybridized carbons (Fsp3) is 0.292. The summed E-state index contributed by atoms with van der Waals surface area (Å²) >= 11 is 1.31. The summed E-state index contributed by atoms with van der Waals surface area (Å²) in [5, 5.41) is 0.860. The number of imide groups is 1. The Balaban J connectivity index is 1.11. The molecular weight excluding hydrogens is 440 g/mol. The minimum absolute atomic E-state index is 0.0298. The van der Waals surface area contributed by atoms with Crippen LogP contribution in [0.1, 0.15) is 44.0 Å². The number of aromatic nitrogens is 1. The molecule has 9 heteroatoms. The van der Waals surface area contributed by atoms with Crippen LogP contribution in [0.2, 0.25) is 0 Å². The molecule has 0 unspecified atom stereocenters. The van der Waals surface area contributed by atoms with Crippen LogP contribution in [0.25, 0.3) is 10.1 Å². The van der Waals surface area contributed by atoms with Crippen molar-refractivity contribution in [3.63, 3.8) is 0 Å². The van der Waals surface area contributed by atoms with E-state index in [0.717, 1.165) is 10.1 Å². The van der Waals surface area contributed by atoms with Crippen molar-refractivity contribution in [2.24, 2.45) is 0 Å². The van der Waals surface area contributed by atoms with Crippen molar-refractivity contribution in [3.8, 4) is 0 Å². The quantitative estimate of drug-likeness (QED) is 0.544. The Bertz CT molecular complexity index is 1230. The van der Waals surface area contributed by atoms with E-state index in [4.69, 9.17) is 0 Å². The van der Waals surface area contributed by atoms with E-state index in [1.807, 2.05) is 24.3 Å². The van der Waals surface area contributed by atoms with Gasteiger partial charge >= 0.3 is 0 Å². The van der Waals surface area contributed by atoms with E-state index < -0.39 is 0 Å². The van der Waals surface area contributed by atoms with Gasteiger partial charge in [-0.2, -0.15) is 4.37 Å². The third-order valence-corrected chi connectivity index (χ3v) is 6.98. The Morgan fingerprint density at radius 1 is 0.848 bits per heavy atom. The second kappa shape index (κ2) is 8.74. The second-order valence-corrected chi connectivity index (χ2v) is 8.92. The van der Waals surface area contributed by atoms with Crippen LogP contribution in [0.15, 0.2) is 48.5 Å². The summed E-state index contributed by atoms with van der Waals surface area (Å²) in [5.74, 6) is -0.738. The summed E-state index contributed by atoms with van der Waals surface area (Å²) in [6.07, 6.45) is 0.659. The highest BCUT2D eigenvalue weighted by Crippen LogP contribution is 2.24. The fourth-order valence-electron chi connectivity index (χ4n) is 4.34. The standard InChI is InChI=1S/C24H22N4O4S/c29-20(10-5-11-28-22(30)16-6-1-2-7-17(16)23(28)31)26-12-14-27(15-13-26)24(32)21-18-8-3-4-9-19(18)33-25-21/h1-4,6-9H,5,10-15H2. The van der Waals surface area contributed by atoms with Crippen molar-refractivity contribution < 1.29 is 19.2 Å². The highest BCUT2D eigenvalue weighted by atomic mass is 32.1. The predicted molar refractivity (Wildman–Crippen MR) is 123 cm³/mol. The molecule has 4 amide bonds. The summed E-state index contributed by atoms with van der Waals surface area (Å²) in [6, 6.07) is 14.4. The van der Waals surface area contributed by atoms with Crippen LogP contribution < -0.4 is 0 Å². The molecule has 1 fully saturated rings. The highest BCUT2D eigenvalue weighted by molar-refractivity contribution is 7.13. The number of carbonyl (C=O) groups excluding carboxylic acids is 4. The van der Waals surface area contributed by atoms with Gasteiger partial charge in [0.2, 0.25) is 5.91 Å². The van der Waals surface area contributed by atoms with Gasteiger partial charge in [0.25, 0.3) is 17.7 Å². The van der Waals surface area contributed by atoms with E-state index in [1.165, 1.54) is 16.4 Å². The number of benzene rings is 2. The van der Waals surface area contributed by atoms with Crippen LogP contribution in [0.4, 0.5) is 0 Å². The van der Waals surface area contributed by atoms with Crippen LogP contribution in [-0.4, -0.2) is 75.4 Å². The lowest BCUT2D eigenvalue weighted by atomic mass is 10.1. The summed E-state index contributed by atoms with van der Waals surface area (Å²) in [5.41, 5.74) is 1.31. The monoisotopic (exact) mass is 462 g/mol. The van der Waals surface area contributed by atoms with Crippen LogP contribution >= 0.6 is 11.5 Å². The van der Waals surface area contributed by atoms with E-state index >= 15 is 0 Å². The molecule has 0 atom stereocenters. The molecule has 0 bridgehead atoms. The highest BCUT2D eigenvalue weighted by Gasteiger charge is 2.35. The Morgan fingerprint density at radius 3 is 2.15 bits per heavy atom. The topological polar surface area (TPSA) is 90.9 Å². The maximum Gasteiger partial charge on any atom is 0.274 e. The first-order chi connectivity index (χ1) is 16.0. The summed E-state index contributed by atoms with van der Waals surface area (Å²) in [6.45, 7) is 2.04. The number of hydrogen-bond donors (Lipinski definition) is 0. The van der Waals surface area contributed by atoms with Crippen molar-refractivity contribution >= 4 is 45.2 Å². The molecule has 168 valence electrons. The maximum absolute atomic E-state index is 12.9. The number of fused-ring (bicyclic) bond motifs is 2. The Labute approximate surface area is 194 Å². The normalized spacial score (nSPS) is 15.9. The Morgan fingerprint density at radius 2 is 1.45 bits per heavy atom. The molecule has 2 aliphatic heterocycles. The first kappa shape index (κ1) is 21.3. The summed E-state index contributed by atoms with van der Waals surface area (Å²) < 4.78 is 5.32. The molecule has 0 saturated carbocycles. The van der Waals surface area contributed by atoms with Crippen molar-refractivity contribution in [2.45, 2.75) is 12.8 Å². The molecule has 0 aliphatic carbocycles. The first-order valence-electron chi connectivity index (χ1n) is 10.9. The lowest BCUT2D eigenvalue weighted by Gasteiger charge is -2.34. The zero-order valence-electron chi connectivity index (χ0n) is 17.9. The molecule has 5 rings (SSSR count). The molecule has 0 radical (unpaired) electrons. The van der Waals surface area contributed by atoms with Gasteiger partial charge in [-0.1, -0.05) is 30.3 Å². The van der Waals surface area contributed by atoms with E-state index in [1.54, 1.807) is 34.1 Å². The average molecular weight is 463 g/mol. The third-order valence-electron chi connectivity index (χ3n) is 6.15. The average Bonchev–Trinajstić information content (AvgIpc) is 3.39. The molecule has 3 aromatic rings. The molecule has 2 aliphatic rings. The Hall–Kier alpha value is -3.59. The van der Waals surface area contributed by atoms with Gasteiger partial charge in [0.1, 0.15) is 5.69 Å². The molecular formula is C24H22N4O4S. The van der Waals surface area contributed by atoms with Crippen LogP contribution in [0.3, 0.4) is 0 Å². The van der Waals surface area contributed by atoms with E-state index in [9.17, 15) is 19.2 Å². The lowest BCUT2D eigenvalue weighted by molar-refractivity contribution is -0.132. The molecule has 2 aromatic carbocycles. The zero-order valence-corrected chi connectivity index (χ0v) is 18.7. The fourth-order valence-corrected chi connectivity index (χ4v) is 5.11. The molecule has 3 heterocycles. The predicted octanol–water partition coefficient (Wildman–Crippen LogP) is 2.66. The van der Waals surface area contributed by atoms with Crippen molar-refractivity contribution in [2.75, 3.05) is 32.7 Å². The molecule has 1 aromatic heterocycles. The molecule has 0 spiro atoms. The van der Waals surface area contributed by atoms with E-state index in [-0.39, 0.29) is 36.6 Å². The van der Waals surface area contributed by atoms with Crippen LogP contribution in [0, 0.1) is 0 Å². The van der Waals surface area contributed by atoms with Crippen molar-refractivity contribution in [1.82, 2.24) is 19.1 Å². The van der Waals surface area contributed by atoms with Crippen LogP contribution in [0.5, 0.6) is 0 Å². The lowest BCUT2D eigenvalue weighted by Crippen LogP contribution is -2.50. The molecule has 8 nitrogen and oxygen atoms in total. The minimum Gasteiger partial charge on any atom is -0.339 e. The van der Waals surface area contributed by atoms with Gasteiger partial charge in [0.15, 0.2) is 0 Å². The third kappa shape index (κ3) is 3.89. The minimum atomic E-state index is -0.301. The molecule has 33 heavy (non-hydrogen) atoms. The Kier molecular flexibility index (Phi) is 5.63. The van der Waals surface area contributed by atoms with Gasteiger partial charge in [-0.05, 0) is 36.2 Å². The van der Waals surface area contributed by atoms with Gasteiger partial charge < -0.3 is 9.80 Å².